The summed E-state index contributed by atoms with van der Waals surface area (Å²) in [5.41, 5.74) is -2.01. The van der Waals surface area contributed by atoms with Crippen molar-refractivity contribution in [3.8, 4) is 0 Å². The quantitative estimate of drug-likeness (QED) is 0.471. The number of alkyl carbamates (subject to hydrolysis) is 1. The first-order valence-electron chi connectivity index (χ1n) is 14.4. The van der Waals surface area contributed by atoms with Gasteiger partial charge in [0.05, 0.1) is 4.75 Å². The lowest BCUT2D eigenvalue weighted by atomic mass is 10.0. The Bertz CT molecular complexity index is 1100. The van der Waals surface area contributed by atoms with Crippen LogP contribution in [-0.4, -0.2) is 71.6 Å². The molecule has 4 atom stereocenters. The van der Waals surface area contributed by atoms with Gasteiger partial charge in [-0.15, -0.1) is 0 Å². The van der Waals surface area contributed by atoms with Crippen LogP contribution in [0, 0.1) is 5.92 Å². The van der Waals surface area contributed by atoms with Crippen LogP contribution in [0.15, 0.2) is 0 Å². The molecule has 2 aliphatic heterocycles. The van der Waals surface area contributed by atoms with Crippen LogP contribution in [0.2, 0.25) is 0 Å². The van der Waals surface area contributed by atoms with Gasteiger partial charge >= 0.3 is 6.09 Å². The average molecular weight is 569 g/mol. The zero-order valence-corrected chi connectivity index (χ0v) is 24.5. The average Bonchev–Trinajstić information content (AvgIpc) is 3.68. The summed E-state index contributed by atoms with van der Waals surface area (Å²) < 4.78 is 32.3. The maximum absolute atomic E-state index is 13.6. The maximum atomic E-state index is 13.6. The predicted molar refractivity (Wildman–Crippen MR) is 144 cm³/mol. The third kappa shape index (κ3) is 6.69. The first kappa shape index (κ1) is 29.6. The summed E-state index contributed by atoms with van der Waals surface area (Å²) in [5.74, 6) is -1.64. The Kier molecular flexibility index (Phi) is 8.27. The zero-order chi connectivity index (χ0) is 28.6. The normalized spacial score (nSPS) is 31.5. The van der Waals surface area contributed by atoms with Crippen molar-refractivity contribution in [2.24, 2.45) is 5.92 Å². The Hall–Kier alpha value is -2.37. The van der Waals surface area contributed by atoms with Crippen LogP contribution in [-0.2, 0) is 29.1 Å². The molecule has 0 bridgehead atoms. The molecule has 0 aromatic rings. The number of carbonyl (C=O) groups is 4. The van der Waals surface area contributed by atoms with Crippen LogP contribution >= 0.6 is 0 Å². The van der Waals surface area contributed by atoms with Crippen LogP contribution in [0.5, 0.6) is 0 Å². The largest absolute Gasteiger partial charge is 0.444 e. The number of ether oxygens (including phenoxy) is 1. The molecule has 2 heterocycles. The molecular weight excluding hydrogens is 524 g/mol. The van der Waals surface area contributed by atoms with Gasteiger partial charge in [0.1, 0.15) is 23.2 Å². The van der Waals surface area contributed by atoms with E-state index in [1.54, 1.807) is 27.7 Å². The van der Waals surface area contributed by atoms with E-state index >= 15 is 0 Å². The summed E-state index contributed by atoms with van der Waals surface area (Å²) in [6, 6.07) is -1.62. The lowest BCUT2D eigenvalue weighted by Gasteiger charge is -2.30. The van der Waals surface area contributed by atoms with E-state index in [1.165, 1.54) is 4.90 Å². The molecular formula is C27H44N4O7S. The molecule has 11 nitrogen and oxygen atoms in total. The Morgan fingerprint density at radius 2 is 1.64 bits per heavy atom. The predicted octanol–water partition coefficient (Wildman–Crippen LogP) is 2.49. The molecule has 2 saturated heterocycles. The molecule has 220 valence electrons. The van der Waals surface area contributed by atoms with Crippen LogP contribution in [0.1, 0.15) is 105 Å². The zero-order valence-electron chi connectivity index (χ0n) is 23.6. The van der Waals surface area contributed by atoms with E-state index in [4.69, 9.17) is 4.74 Å². The first-order chi connectivity index (χ1) is 18.2. The Labute approximate surface area is 231 Å². The summed E-state index contributed by atoms with van der Waals surface area (Å²) in [6.45, 7) is 7.22. The standard InChI is InChI=1S/C27H44N4O7S/c1-25(2,3)38-24(35)28-19-12-9-7-5-6-8-11-18-17-27(18,23(34)30-39(36,37)26(4)14-15-26)29-21(32)20-13-10-16-31(20)22(19)33/h18-20H,5-17H2,1-4H3,(H,28,35)(H,29,32)(H,30,34)/t18-,19+,20+,27-/m1/s1. The lowest BCUT2D eigenvalue weighted by Crippen LogP contribution is -2.58. The van der Waals surface area contributed by atoms with Gasteiger partial charge in [0, 0.05) is 6.54 Å². The van der Waals surface area contributed by atoms with Gasteiger partial charge in [-0.2, -0.15) is 0 Å². The molecule has 4 rings (SSSR count). The highest BCUT2D eigenvalue weighted by Gasteiger charge is 2.63. The minimum Gasteiger partial charge on any atom is -0.444 e. The number of nitrogens with zero attached hydrogens (tertiary/aromatic N) is 1. The molecule has 39 heavy (non-hydrogen) atoms. The maximum Gasteiger partial charge on any atom is 0.408 e. The highest BCUT2D eigenvalue weighted by Crippen LogP contribution is 2.49. The number of hydrogen-bond acceptors (Lipinski definition) is 7. The van der Waals surface area contributed by atoms with Gasteiger partial charge in [0.2, 0.25) is 21.8 Å². The molecule has 3 N–H and O–H groups in total. The van der Waals surface area contributed by atoms with E-state index in [-0.39, 0.29) is 11.8 Å². The monoisotopic (exact) mass is 568 g/mol. The van der Waals surface area contributed by atoms with Crippen LogP contribution in [0.25, 0.3) is 0 Å². The number of carbonyl (C=O) groups excluding carboxylic acids is 4. The number of fused-ring (bicyclic) bond motifs is 2. The molecule has 0 aromatic heterocycles. The van der Waals surface area contributed by atoms with Crippen molar-refractivity contribution in [1.82, 2.24) is 20.3 Å². The van der Waals surface area contributed by atoms with Crippen molar-refractivity contribution in [3.63, 3.8) is 0 Å². The van der Waals surface area contributed by atoms with E-state index in [2.05, 4.69) is 15.4 Å². The van der Waals surface area contributed by atoms with E-state index in [0.717, 1.165) is 32.1 Å². The molecule has 0 aromatic carbocycles. The van der Waals surface area contributed by atoms with Crippen molar-refractivity contribution < 1.29 is 32.3 Å². The van der Waals surface area contributed by atoms with Crippen molar-refractivity contribution in [2.45, 2.75) is 133 Å². The lowest BCUT2D eigenvalue weighted by molar-refractivity contribution is -0.141. The molecule has 4 fully saturated rings. The van der Waals surface area contributed by atoms with Gasteiger partial charge < -0.3 is 20.3 Å². The summed E-state index contributed by atoms with van der Waals surface area (Å²) in [5, 5.41) is 5.61. The third-order valence-electron chi connectivity index (χ3n) is 8.56. The highest BCUT2D eigenvalue weighted by molar-refractivity contribution is 7.91. The number of hydrogen-bond donors (Lipinski definition) is 3. The SMILES string of the molecule is CC(C)(C)OC(=O)N[C@H]1CCCCCCC[C@@H]2C[C@@]2(C(=O)NS(=O)(=O)C2(C)CC2)NC(=O)[C@@H]2CCCN2C1=O. The van der Waals surface area contributed by atoms with Crippen LogP contribution in [0.3, 0.4) is 0 Å². The third-order valence-corrected chi connectivity index (χ3v) is 10.7. The Balaban J connectivity index is 1.53. The summed E-state index contributed by atoms with van der Waals surface area (Å²) >= 11 is 0. The minimum absolute atomic E-state index is 0.152. The fourth-order valence-corrected chi connectivity index (χ4v) is 7.04. The highest BCUT2D eigenvalue weighted by atomic mass is 32.2. The van der Waals surface area contributed by atoms with Crippen molar-refractivity contribution in [1.29, 1.82) is 0 Å². The van der Waals surface area contributed by atoms with Crippen LogP contribution in [0.4, 0.5) is 4.79 Å². The molecule has 0 unspecified atom stereocenters. The molecule has 2 aliphatic carbocycles. The van der Waals surface area contributed by atoms with Gasteiger partial charge in [0.25, 0.3) is 5.91 Å². The second-order valence-electron chi connectivity index (χ2n) is 13.0. The molecule has 4 amide bonds. The molecule has 0 radical (unpaired) electrons. The summed E-state index contributed by atoms with van der Waals surface area (Å²) in [4.78, 5) is 54.6. The fraction of sp³-hybridized carbons (Fsp3) is 0.852. The fourth-order valence-electron chi connectivity index (χ4n) is 5.73. The van der Waals surface area contributed by atoms with E-state index in [1.807, 2.05) is 0 Å². The number of sulfonamides is 1. The second kappa shape index (κ2) is 10.9. The van der Waals surface area contributed by atoms with Crippen molar-refractivity contribution in [2.75, 3.05) is 6.54 Å². The Morgan fingerprint density at radius 1 is 1.00 bits per heavy atom. The van der Waals surface area contributed by atoms with Gasteiger partial charge in [-0.05, 0) is 78.6 Å². The van der Waals surface area contributed by atoms with E-state index in [0.29, 0.717) is 51.5 Å². The van der Waals surface area contributed by atoms with E-state index < -0.39 is 55.9 Å². The molecule has 0 spiro atoms. The number of nitrogens with one attached hydrogen (secondary N) is 3. The smallest absolute Gasteiger partial charge is 0.408 e. The minimum atomic E-state index is -3.86. The first-order valence-corrected chi connectivity index (χ1v) is 15.8. The van der Waals surface area contributed by atoms with Gasteiger partial charge in [-0.3, -0.25) is 19.1 Å². The van der Waals surface area contributed by atoms with Gasteiger partial charge in [-0.25, -0.2) is 13.2 Å². The van der Waals surface area contributed by atoms with Crippen LogP contribution < -0.4 is 15.4 Å². The topological polar surface area (TPSA) is 151 Å². The number of rotatable bonds is 4. The number of amides is 4. The van der Waals surface area contributed by atoms with Gasteiger partial charge in [0.15, 0.2) is 0 Å². The second-order valence-corrected chi connectivity index (χ2v) is 15.2. The van der Waals surface area contributed by atoms with Crippen molar-refractivity contribution in [3.05, 3.63) is 0 Å². The van der Waals surface area contributed by atoms with Gasteiger partial charge in [-0.1, -0.05) is 32.1 Å². The summed E-state index contributed by atoms with van der Waals surface area (Å²) in [6.07, 6.45) is 7.21. The molecule has 12 heteroatoms. The van der Waals surface area contributed by atoms with E-state index in [9.17, 15) is 27.6 Å². The molecule has 2 saturated carbocycles. The molecule has 4 aliphatic rings. The van der Waals surface area contributed by atoms with Crippen molar-refractivity contribution >= 4 is 33.8 Å². The summed E-state index contributed by atoms with van der Waals surface area (Å²) in [7, 11) is -3.86. The Morgan fingerprint density at radius 3 is 2.28 bits per heavy atom.